The Kier molecular flexibility index (Phi) is 4.22. The van der Waals surface area contributed by atoms with Gasteiger partial charge < -0.3 is 4.98 Å². The van der Waals surface area contributed by atoms with E-state index in [-0.39, 0.29) is 23.2 Å². The van der Waals surface area contributed by atoms with Gasteiger partial charge in [0.2, 0.25) is 0 Å². The molecule has 2 heterocycles. The van der Waals surface area contributed by atoms with Gasteiger partial charge >= 0.3 is 5.69 Å². The number of hydrogen-bond donors (Lipinski definition) is 1. The molecular weight excluding hydrogens is 338 g/mol. The van der Waals surface area contributed by atoms with E-state index in [9.17, 15) is 9.59 Å². The van der Waals surface area contributed by atoms with Crippen molar-refractivity contribution < 1.29 is 0 Å². The number of imidazole rings is 1. The average molecular weight is 361 g/mol. The SMILES string of the molecule is CC(Cn1c(=O)n(C(C)C)c2ccccc21)c1cc2ccccc2[nH]c1=O. The van der Waals surface area contributed by atoms with Crippen LogP contribution < -0.4 is 11.2 Å². The lowest BCUT2D eigenvalue weighted by Gasteiger charge is -2.13. The predicted octanol–water partition coefficient (Wildman–Crippen LogP) is 4.03. The number of hydrogen-bond acceptors (Lipinski definition) is 2. The maximum atomic E-state index is 13.0. The fraction of sp³-hybridized carbons (Fsp3) is 0.273. The largest absolute Gasteiger partial charge is 0.329 e. The average Bonchev–Trinajstić information content (AvgIpc) is 2.93. The van der Waals surface area contributed by atoms with E-state index in [1.54, 1.807) is 4.57 Å². The molecule has 2 aromatic carbocycles. The van der Waals surface area contributed by atoms with Crippen molar-refractivity contribution in [1.82, 2.24) is 14.1 Å². The van der Waals surface area contributed by atoms with E-state index in [4.69, 9.17) is 0 Å². The van der Waals surface area contributed by atoms with Gasteiger partial charge in [-0.25, -0.2) is 4.79 Å². The van der Waals surface area contributed by atoms with Crippen LogP contribution in [0.5, 0.6) is 0 Å². The lowest BCUT2D eigenvalue weighted by molar-refractivity contribution is 0.537. The van der Waals surface area contributed by atoms with E-state index < -0.39 is 0 Å². The zero-order valence-electron chi connectivity index (χ0n) is 15.8. The molecule has 27 heavy (non-hydrogen) atoms. The highest BCUT2D eigenvalue weighted by Gasteiger charge is 2.19. The first-order chi connectivity index (χ1) is 13.0. The Morgan fingerprint density at radius 1 is 0.926 bits per heavy atom. The molecule has 5 heteroatoms. The lowest BCUT2D eigenvalue weighted by atomic mass is 10.0. The summed E-state index contributed by atoms with van der Waals surface area (Å²) < 4.78 is 3.60. The first-order valence-electron chi connectivity index (χ1n) is 9.29. The van der Waals surface area contributed by atoms with Gasteiger partial charge in [-0.1, -0.05) is 37.3 Å². The monoisotopic (exact) mass is 361 g/mol. The summed E-state index contributed by atoms with van der Waals surface area (Å²) in [7, 11) is 0. The summed E-state index contributed by atoms with van der Waals surface area (Å²) in [6, 6.07) is 17.6. The molecule has 0 amide bonds. The van der Waals surface area contributed by atoms with Gasteiger partial charge in [-0.3, -0.25) is 13.9 Å². The molecule has 0 fully saturated rings. The van der Waals surface area contributed by atoms with Crippen molar-refractivity contribution in [3.8, 4) is 0 Å². The van der Waals surface area contributed by atoms with Crippen molar-refractivity contribution in [2.24, 2.45) is 0 Å². The zero-order chi connectivity index (χ0) is 19.1. The molecule has 138 valence electrons. The Labute approximate surface area is 156 Å². The topological polar surface area (TPSA) is 59.8 Å². The van der Waals surface area contributed by atoms with Crippen LogP contribution in [0.3, 0.4) is 0 Å². The van der Waals surface area contributed by atoms with Gasteiger partial charge in [0.1, 0.15) is 0 Å². The second-order valence-corrected chi connectivity index (χ2v) is 7.39. The summed E-state index contributed by atoms with van der Waals surface area (Å²) >= 11 is 0. The predicted molar refractivity (Wildman–Crippen MR) is 110 cm³/mol. The first kappa shape index (κ1) is 17.3. The minimum atomic E-state index is -0.0955. The summed E-state index contributed by atoms with van der Waals surface area (Å²) in [6.07, 6.45) is 0. The molecule has 0 aliphatic rings. The van der Waals surface area contributed by atoms with Crippen molar-refractivity contribution in [2.45, 2.75) is 39.3 Å². The standard InChI is InChI=1S/C22H23N3O2/c1-14(2)25-20-11-7-6-10-19(20)24(22(25)27)13-15(3)17-12-16-8-4-5-9-18(16)23-21(17)26/h4-12,14-15H,13H2,1-3H3,(H,23,26). The molecule has 0 saturated heterocycles. The number of H-pyrrole nitrogens is 1. The maximum absolute atomic E-state index is 13.0. The molecule has 4 rings (SSSR count). The number of pyridine rings is 1. The molecule has 0 saturated carbocycles. The third-order valence-corrected chi connectivity index (χ3v) is 5.15. The Hall–Kier alpha value is -3.08. The third-order valence-electron chi connectivity index (χ3n) is 5.15. The summed E-state index contributed by atoms with van der Waals surface area (Å²) in [6.45, 7) is 6.47. The van der Waals surface area contributed by atoms with Crippen LogP contribution >= 0.6 is 0 Å². The van der Waals surface area contributed by atoms with Crippen LogP contribution in [0.2, 0.25) is 0 Å². The Morgan fingerprint density at radius 2 is 1.59 bits per heavy atom. The van der Waals surface area contributed by atoms with Crippen LogP contribution in [-0.2, 0) is 6.54 Å². The molecule has 5 nitrogen and oxygen atoms in total. The molecule has 2 aromatic heterocycles. The number of nitrogens with one attached hydrogen (secondary N) is 1. The van der Waals surface area contributed by atoms with E-state index in [1.165, 1.54) is 0 Å². The number of benzene rings is 2. The van der Waals surface area contributed by atoms with Gasteiger partial charge in [0.25, 0.3) is 5.56 Å². The van der Waals surface area contributed by atoms with Gasteiger partial charge in [-0.05, 0) is 43.5 Å². The number of aromatic amines is 1. The fourth-order valence-corrected chi connectivity index (χ4v) is 3.81. The first-order valence-corrected chi connectivity index (χ1v) is 9.29. The highest BCUT2D eigenvalue weighted by atomic mass is 16.2. The van der Waals surface area contributed by atoms with Crippen LogP contribution in [-0.4, -0.2) is 14.1 Å². The van der Waals surface area contributed by atoms with Crippen molar-refractivity contribution in [1.29, 1.82) is 0 Å². The van der Waals surface area contributed by atoms with Crippen LogP contribution in [0.25, 0.3) is 21.9 Å². The van der Waals surface area contributed by atoms with Gasteiger partial charge in [-0.15, -0.1) is 0 Å². The van der Waals surface area contributed by atoms with Crippen LogP contribution in [0, 0.1) is 0 Å². The molecule has 1 atom stereocenters. The van der Waals surface area contributed by atoms with Gasteiger partial charge in [0, 0.05) is 29.6 Å². The number of aromatic nitrogens is 3. The van der Waals surface area contributed by atoms with Crippen LogP contribution in [0.15, 0.2) is 64.2 Å². The van der Waals surface area contributed by atoms with E-state index in [0.717, 1.165) is 21.9 Å². The molecule has 0 aliphatic carbocycles. The van der Waals surface area contributed by atoms with Gasteiger partial charge in [-0.2, -0.15) is 0 Å². The quantitative estimate of drug-likeness (QED) is 0.597. The zero-order valence-corrected chi connectivity index (χ0v) is 15.8. The summed E-state index contributed by atoms with van der Waals surface area (Å²) in [5, 5.41) is 0.996. The fourth-order valence-electron chi connectivity index (χ4n) is 3.81. The van der Waals surface area contributed by atoms with Gasteiger partial charge in [0.15, 0.2) is 0 Å². The Balaban J connectivity index is 1.81. The minimum absolute atomic E-state index is 0.0322. The normalized spacial score (nSPS) is 12.9. The van der Waals surface area contributed by atoms with E-state index in [2.05, 4.69) is 4.98 Å². The lowest BCUT2D eigenvalue weighted by Crippen LogP contribution is -2.28. The van der Waals surface area contributed by atoms with E-state index in [1.807, 2.05) is 79.9 Å². The van der Waals surface area contributed by atoms with Crippen molar-refractivity contribution in [2.75, 3.05) is 0 Å². The molecule has 1 unspecified atom stereocenters. The number of para-hydroxylation sites is 3. The molecule has 1 N–H and O–H groups in total. The number of nitrogens with zero attached hydrogens (tertiary/aromatic N) is 2. The van der Waals surface area contributed by atoms with Crippen LogP contribution in [0.4, 0.5) is 0 Å². The van der Waals surface area contributed by atoms with Gasteiger partial charge in [0.05, 0.1) is 11.0 Å². The molecule has 0 radical (unpaired) electrons. The summed E-state index contributed by atoms with van der Waals surface area (Å²) in [5.74, 6) is -0.0949. The summed E-state index contributed by atoms with van der Waals surface area (Å²) in [4.78, 5) is 28.6. The molecule has 0 aliphatic heterocycles. The number of rotatable bonds is 4. The molecule has 0 spiro atoms. The highest BCUT2D eigenvalue weighted by Crippen LogP contribution is 2.22. The van der Waals surface area contributed by atoms with E-state index >= 15 is 0 Å². The second-order valence-electron chi connectivity index (χ2n) is 7.39. The van der Waals surface area contributed by atoms with Crippen LogP contribution in [0.1, 0.15) is 38.3 Å². The third kappa shape index (κ3) is 2.89. The molecule has 0 bridgehead atoms. The Morgan fingerprint density at radius 3 is 2.33 bits per heavy atom. The smallest absolute Gasteiger partial charge is 0.322 e. The van der Waals surface area contributed by atoms with E-state index in [0.29, 0.717) is 12.1 Å². The van der Waals surface area contributed by atoms with Crippen molar-refractivity contribution in [3.05, 3.63) is 81.0 Å². The highest BCUT2D eigenvalue weighted by molar-refractivity contribution is 5.79. The minimum Gasteiger partial charge on any atom is -0.322 e. The maximum Gasteiger partial charge on any atom is 0.329 e. The summed E-state index contributed by atoms with van der Waals surface area (Å²) in [5.41, 5.74) is 3.23. The molecule has 4 aromatic rings. The van der Waals surface area contributed by atoms with Crippen molar-refractivity contribution in [3.63, 3.8) is 0 Å². The second kappa shape index (κ2) is 6.58. The van der Waals surface area contributed by atoms with Crippen molar-refractivity contribution >= 4 is 21.9 Å². The number of fused-ring (bicyclic) bond motifs is 2. The Bertz CT molecular complexity index is 1240. The molecular formula is C22H23N3O2.